The van der Waals surface area contributed by atoms with Crippen LogP contribution in [-0.4, -0.2) is 36.6 Å². The number of amides is 1. The fourth-order valence-electron chi connectivity index (χ4n) is 2.49. The Balaban J connectivity index is 2.10. The predicted molar refractivity (Wildman–Crippen MR) is 89.1 cm³/mol. The van der Waals surface area contributed by atoms with Gasteiger partial charge in [-0.05, 0) is 66.5 Å². The van der Waals surface area contributed by atoms with Crippen molar-refractivity contribution in [2.75, 3.05) is 19.7 Å². The van der Waals surface area contributed by atoms with E-state index < -0.39 is 0 Å². The fraction of sp³-hybridized carbons (Fsp3) is 0.562. The van der Waals surface area contributed by atoms with Crippen LogP contribution in [0.4, 0.5) is 0 Å². The lowest BCUT2D eigenvalue weighted by Crippen LogP contribution is -2.38. The van der Waals surface area contributed by atoms with E-state index in [0.717, 1.165) is 48.1 Å². The molecule has 0 saturated carbocycles. The van der Waals surface area contributed by atoms with Crippen molar-refractivity contribution in [3.63, 3.8) is 0 Å². The minimum Gasteiger partial charge on any atom is -0.376 e. The number of halogens is 1. The summed E-state index contributed by atoms with van der Waals surface area (Å²) in [6.07, 6.45) is 3.37. The number of ether oxygens (including phenoxy) is 1. The van der Waals surface area contributed by atoms with Crippen molar-refractivity contribution < 1.29 is 9.53 Å². The highest BCUT2D eigenvalue weighted by atomic mass is 127. The maximum Gasteiger partial charge on any atom is 0.253 e. The molecule has 110 valence electrons. The van der Waals surface area contributed by atoms with E-state index in [1.54, 1.807) is 0 Å². The SMILES string of the molecule is CCCN(CC1CCCO1)C(=O)c1ccc(C)c(I)c1. The summed E-state index contributed by atoms with van der Waals surface area (Å²) in [5, 5.41) is 0. The monoisotopic (exact) mass is 387 g/mol. The quantitative estimate of drug-likeness (QED) is 0.723. The highest BCUT2D eigenvalue weighted by molar-refractivity contribution is 14.1. The van der Waals surface area contributed by atoms with Gasteiger partial charge in [-0.15, -0.1) is 0 Å². The molecule has 1 fully saturated rings. The first-order valence-electron chi connectivity index (χ1n) is 7.29. The summed E-state index contributed by atoms with van der Waals surface area (Å²) >= 11 is 2.28. The first-order valence-corrected chi connectivity index (χ1v) is 8.36. The molecular formula is C16H22INO2. The molecule has 1 aliphatic heterocycles. The molecule has 1 saturated heterocycles. The lowest BCUT2D eigenvalue weighted by atomic mass is 10.1. The molecule has 0 aromatic heterocycles. The van der Waals surface area contributed by atoms with Gasteiger partial charge in [0.2, 0.25) is 0 Å². The van der Waals surface area contributed by atoms with Crippen LogP contribution in [0.1, 0.15) is 42.1 Å². The largest absolute Gasteiger partial charge is 0.376 e. The third-order valence-electron chi connectivity index (χ3n) is 3.65. The molecule has 20 heavy (non-hydrogen) atoms. The minimum absolute atomic E-state index is 0.125. The van der Waals surface area contributed by atoms with Gasteiger partial charge in [0, 0.05) is 28.8 Å². The Morgan fingerprint density at radius 3 is 2.90 bits per heavy atom. The van der Waals surface area contributed by atoms with Crippen LogP contribution in [0.15, 0.2) is 18.2 Å². The molecule has 1 amide bonds. The van der Waals surface area contributed by atoms with Gasteiger partial charge in [0.15, 0.2) is 0 Å². The molecule has 1 unspecified atom stereocenters. The summed E-state index contributed by atoms with van der Waals surface area (Å²) in [6.45, 7) is 6.52. The minimum atomic E-state index is 0.125. The molecule has 1 atom stereocenters. The summed E-state index contributed by atoms with van der Waals surface area (Å²) in [5.41, 5.74) is 2.00. The Bertz CT molecular complexity index is 470. The van der Waals surface area contributed by atoms with Crippen LogP contribution in [0.3, 0.4) is 0 Å². The molecule has 0 N–H and O–H groups in total. The summed E-state index contributed by atoms with van der Waals surface area (Å²) < 4.78 is 6.80. The third kappa shape index (κ3) is 3.95. The highest BCUT2D eigenvalue weighted by Gasteiger charge is 2.23. The lowest BCUT2D eigenvalue weighted by Gasteiger charge is -2.25. The lowest BCUT2D eigenvalue weighted by molar-refractivity contribution is 0.0526. The molecule has 1 aromatic carbocycles. The van der Waals surface area contributed by atoms with Gasteiger partial charge in [-0.2, -0.15) is 0 Å². The standard InChI is InChI=1S/C16H22INO2/c1-3-8-18(11-14-5-4-9-20-14)16(19)13-7-6-12(2)15(17)10-13/h6-7,10,14H,3-5,8-9,11H2,1-2H3. The number of carbonyl (C=O) groups is 1. The van der Waals surface area contributed by atoms with Crippen molar-refractivity contribution >= 4 is 28.5 Å². The van der Waals surface area contributed by atoms with E-state index in [0.29, 0.717) is 0 Å². The van der Waals surface area contributed by atoms with E-state index in [1.807, 2.05) is 23.1 Å². The van der Waals surface area contributed by atoms with Crippen molar-refractivity contribution in [2.24, 2.45) is 0 Å². The zero-order valence-corrected chi connectivity index (χ0v) is 14.4. The number of nitrogens with zero attached hydrogens (tertiary/aromatic N) is 1. The number of hydrogen-bond donors (Lipinski definition) is 0. The van der Waals surface area contributed by atoms with Gasteiger partial charge in [-0.1, -0.05) is 13.0 Å². The first kappa shape index (κ1) is 15.8. The summed E-state index contributed by atoms with van der Waals surface area (Å²) in [7, 11) is 0. The molecule has 0 aliphatic carbocycles. The van der Waals surface area contributed by atoms with Crippen molar-refractivity contribution in [2.45, 2.75) is 39.2 Å². The number of rotatable bonds is 5. The zero-order chi connectivity index (χ0) is 14.5. The Hall–Kier alpha value is -0.620. The average Bonchev–Trinajstić information content (AvgIpc) is 2.93. The number of aryl methyl sites for hydroxylation is 1. The number of benzene rings is 1. The smallest absolute Gasteiger partial charge is 0.253 e. The van der Waals surface area contributed by atoms with E-state index in [4.69, 9.17) is 4.74 Å². The van der Waals surface area contributed by atoms with Crippen LogP contribution in [0.25, 0.3) is 0 Å². The normalized spacial score (nSPS) is 18.2. The van der Waals surface area contributed by atoms with Gasteiger partial charge < -0.3 is 9.64 Å². The van der Waals surface area contributed by atoms with Crippen LogP contribution in [0.5, 0.6) is 0 Å². The van der Waals surface area contributed by atoms with Crippen LogP contribution in [0, 0.1) is 10.5 Å². The van der Waals surface area contributed by atoms with E-state index in [1.165, 1.54) is 5.56 Å². The Labute approximate surface area is 134 Å². The van der Waals surface area contributed by atoms with Gasteiger partial charge in [0.05, 0.1) is 6.10 Å². The summed E-state index contributed by atoms with van der Waals surface area (Å²) in [4.78, 5) is 14.6. The molecule has 4 heteroatoms. The fourth-order valence-corrected chi connectivity index (χ4v) is 3.00. The number of carbonyl (C=O) groups excluding carboxylic acids is 1. The second kappa shape index (κ2) is 7.41. The maximum atomic E-state index is 12.7. The predicted octanol–water partition coefficient (Wildman–Crippen LogP) is 3.63. The molecule has 0 spiro atoms. The first-order chi connectivity index (χ1) is 9.61. The van der Waals surface area contributed by atoms with Crippen LogP contribution in [-0.2, 0) is 4.74 Å². The maximum absolute atomic E-state index is 12.7. The van der Waals surface area contributed by atoms with Crippen molar-refractivity contribution in [3.8, 4) is 0 Å². The third-order valence-corrected chi connectivity index (χ3v) is 4.81. The molecular weight excluding hydrogens is 365 g/mol. The molecule has 3 nitrogen and oxygen atoms in total. The van der Waals surface area contributed by atoms with Crippen molar-refractivity contribution in [1.29, 1.82) is 0 Å². The van der Waals surface area contributed by atoms with E-state index in [-0.39, 0.29) is 12.0 Å². The van der Waals surface area contributed by atoms with Crippen LogP contribution in [0.2, 0.25) is 0 Å². The van der Waals surface area contributed by atoms with Crippen molar-refractivity contribution in [3.05, 3.63) is 32.9 Å². The van der Waals surface area contributed by atoms with Gasteiger partial charge >= 0.3 is 0 Å². The molecule has 1 heterocycles. The summed E-state index contributed by atoms with van der Waals surface area (Å²) in [6, 6.07) is 5.93. The Morgan fingerprint density at radius 1 is 1.50 bits per heavy atom. The second-order valence-electron chi connectivity index (χ2n) is 5.35. The highest BCUT2D eigenvalue weighted by Crippen LogP contribution is 2.18. The number of hydrogen-bond acceptors (Lipinski definition) is 2. The molecule has 1 aliphatic rings. The van der Waals surface area contributed by atoms with Gasteiger partial charge in [-0.3, -0.25) is 4.79 Å². The Kier molecular flexibility index (Phi) is 5.84. The molecule has 1 aromatic rings. The van der Waals surface area contributed by atoms with E-state index >= 15 is 0 Å². The van der Waals surface area contributed by atoms with Gasteiger partial charge in [0.25, 0.3) is 5.91 Å². The van der Waals surface area contributed by atoms with E-state index in [2.05, 4.69) is 36.4 Å². The van der Waals surface area contributed by atoms with Gasteiger partial charge in [-0.25, -0.2) is 0 Å². The molecule has 0 radical (unpaired) electrons. The van der Waals surface area contributed by atoms with Gasteiger partial charge in [0.1, 0.15) is 0 Å². The van der Waals surface area contributed by atoms with Crippen LogP contribution < -0.4 is 0 Å². The summed E-state index contributed by atoms with van der Waals surface area (Å²) in [5.74, 6) is 0.125. The second-order valence-corrected chi connectivity index (χ2v) is 6.51. The van der Waals surface area contributed by atoms with Crippen LogP contribution >= 0.6 is 22.6 Å². The Morgan fingerprint density at radius 2 is 2.30 bits per heavy atom. The van der Waals surface area contributed by atoms with E-state index in [9.17, 15) is 4.79 Å². The zero-order valence-electron chi connectivity index (χ0n) is 12.2. The topological polar surface area (TPSA) is 29.5 Å². The average molecular weight is 387 g/mol. The molecule has 0 bridgehead atoms. The molecule has 2 rings (SSSR count). The van der Waals surface area contributed by atoms with Crippen molar-refractivity contribution in [1.82, 2.24) is 4.90 Å².